The zero-order chi connectivity index (χ0) is 15.9. The zero-order valence-corrected chi connectivity index (χ0v) is 13.3. The highest BCUT2D eigenvalue weighted by Crippen LogP contribution is 2.20. The molecule has 124 valence electrons. The second-order valence-corrected chi connectivity index (χ2v) is 5.38. The summed E-state index contributed by atoms with van der Waals surface area (Å²) in [6.07, 6.45) is 0. The largest absolute Gasteiger partial charge is 0.497 e. The van der Waals surface area contributed by atoms with Crippen LogP contribution in [0.3, 0.4) is 0 Å². The van der Waals surface area contributed by atoms with Crippen LogP contribution in [0, 0.1) is 0 Å². The topological polar surface area (TPSA) is 72.7 Å². The summed E-state index contributed by atoms with van der Waals surface area (Å²) in [5.41, 5.74) is 0.887. The van der Waals surface area contributed by atoms with E-state index in [0.717, 1.165) is 50.7 Å². The highest BCUT2D eigenvalue weighted by molar-refractivity contribution is 5.54. The Morgan fingerprint density at radius 3 is 2.74 bits per heavy atom. The first kappa shape index (κ1) is 15.9. The van der Waals surface area contributed by atoms with Crippen molar-refractivity contribution in [3.05, 3.63) is 30.1 Å². The van der Waals surface area contributed by atoms with Gasteiger partial charge in [0.1, 0.15) is 5.75 Å². The first-order valence-corrected chi connectivity index (χ1v) is 7.83. The van der Waals surface area contributed by atoms with E-state index in [0.29, 0.717) is 18.3 Å². The number of morpholine rings is 1. The lowest BCUT2D eigenvalue weighted by Crippen LogP contribution is -2.40. The van der Waals surface area contributed by atoms with Crippen LogP contribution in [0.5, 0.6) is 5.75 Å². The van der Waals surface area contributed by atoms with Crippen molar-refractivity contribution in [2.75, 3.05) is 46.5 Å². The molecule has 0 amide bonds. The van der Waals surface area contributed by atoms with Crippen LogP contribution >= 0.6 is 0 Å². The summed E-state index contributed by atoms with van der Waals surface area (Å²) in [4.78, 5) is 6.79. The molecule has 1 aromatic carbocycles. The normalized spacial score (nSPS) is 15.7. The monoisotopic (exact) mass is 318 g/mol. The van der Waals surface area contributed by atoms with Crippen molar-refractivity contribution in [2.45, 2.75) is 6.54 Å². The van der Waals surface area contributed by atoms with Gasteiger partial charge in [-0.15, -0.1) is 0 Å². The molecular weight excluding hydrogens is 296 g/mol. The summed E-state index contributed by atoms with van der Waals surface area (Å²) in [5.74, 6) is 1.99. The fraction of sp³-hybridized carbons (Fsp3) is 0.500. The Morgan fingerprint density at radius 2 is 2.00 bits per heavy atom. The third-order valence-corrected chi connectivity index (χ3v) is 3.80. The summed E-state index contributed by atoms with van der Waals surface area (Å²) in [6, 6.07) is 7.56. The third-order valence-electron chi connectivity index (χ3n) is 3.80. The number of aromatic nitrogens is 2. The molecule has 1 N–H and O–H groups in total. The summed E-state index contributed by atoms with van der Waals surface area (Å²) >= 11 is 0. The molecule has 3 rings (SSSR count). The molecule has 2 aromatic rings. The number of methoxy groups -OCH3 is 1. The number of hydrogen-bond donors (Lipinski definition) is 1. The Labute approximate surface area is 135 Å². The van der Waals surface area contributed by atoms with Crippen LogP contribution in [0.4, 0.5) is 0 Å². The van der Waals surface area contributed by atoms with Gasteiger partial charge in [-0.3, -0.25) is 4.90 Å². The molecule has 0 radical (unpaired) electrons. The van der Waals surface area contributed by atoms with Gasteiger partial charge in [-0.1, -0.05) is 5.16 Å². The fourth-order valence-corrected chi connectivity index (χ4v) is 2.44. The van der Waals surface area contributed by atoms with Gasteiger partial charge in [-0.25, -0.2) is 0 Å². The van der Waals surface area contributed by atoms with Crippen LogP contribution in [0.15, 0.2) is 28.8 Å². The lowest BCUT2D eigenvalue weighted by molar-refractivity contribution is 0.0384. The van der Waals surface area contributed by atoms with Crippen molar-refractivity contribution in [3.8, 4) is 17.2 Å². The summed E-state index contributed by atoms with van der Waals surface area (Å²) < 4.78 is 15.8. The summed E-state index contributed by atoms with van der Waals surface area (Å²) in [6.45, 7) is 6.17. The molecule has 0 saturated carbocycles. The minimum absolute atomic E-state index is 0.526. The molecule has 0 bridgehead atoms. The smallest absolute Gasteiger partial charge is 0.257 e. The fourth-order valence-electron chi connectivity index (χ4n) is 2.44. The molecule has 0 spiro atoms. The van der Waals surface area contributed by atoms with Crippen molar-refractivity contribution in [2.24, 2.45) is 0 Å². The SMILES string of the molecule is COc1ccc(-c2nc(CNCCN3CCOCC3)no2)cc1. The van der Waals surface area contributed by atoms with Gasteiger partial charge in [0.05, 0.1) is 26.9 Å². The van der Waals surface area contributed by atoms with Crippen LogP contribution in [0.2, 0.25) is 0 Å². The number of hydrogen-bond acceptors (Lipinski definition) is 7. The Kier molecular flexibility index (Phi) is 5.57. The first-order chi connectivity index (χ1) is 11.3. The van der Waals surface area contributed by atoms with Gasteiger partial charge in [-0.05, 0) is 24.3 Å². The predicted molar refractivity (Wildman–Crippen MR) is 85.3 cm³/mol. The maximum absolute atomic E-state index is 5.33. The predicted octanol–water partition coefficient (Wildman–Crippen LogP) is 1.17. The standard InChI is InChI=1S/C16H22N4O3/c1-21-14-4-2-13(3-5-14)16-18-15(19-23-16)12-17-6-7-20-8-10-22-11-9-20/h2-5,17H,6-12H2,1H3. The molecule has 7 heteroatoms. The molecular formula is C16H22N4O3. The van der Waals surface area contributed by atoms with E-state index in [9.17, 15) is 0 Å². The van der Waals surface area contributed by atoms with Crippen LogP contribution < -0.4 is 10.1 Å². The Morgan fingerprint density at radius 1 is 1.22 bits per heavy atom. The molecule has 1 aliphatic rings. The van der Waals surface area contributed by atoms with Crippen LogP contribution in [-0.2, 0) is 11.3 Å². The highest BCUT2D eigenvalue weighted by atomic mass is 16.5. The molecule has 0 unspecified atom stereocenters. The summed E-state index contributed by atoms with van der Waals surface area (Å²) in [7, 11) is 1.64. The van der Waals surface area contributed by atoms with Crippen LogP contribution in [-0.4, -0.2) is 61.5 Å². The van der Waals surface area contributed by atoms with Gasteiger partial charge < -0.3 is 19.3 Å². The molecule has 7 nitrogen and oxygen atoms in total. The van der Waals surface area contributed by atoms with Gasteiger partial charge in [0, 0.05) is 31.7 Å². The number of rotatable bonds is 7. The van der Waals surface area contributed by atoms with Crippen molar-refractivity contribution in [3.63, 3.8) is 0 Å². The van der Waals surface area contributed by atoms with Gasteiger partial charge in [0.2, 0.25) is 0 Å². The van der Waals surface area contributed by atoms with E-state index >= 15 is 0 Å². The second kappa shape index (κ2) is 8.05. The molecule has 2 heterocycles. The average Bonchev–Trinajstić information content (AvgIpc) is 3.09. The molecule has 1 saturated heterocycles. The van der Waals surface area contributed by atoms with Crippen molar-refractivity contribution in [1.29, 1.82) is 0 Å². The third kappa shape index (κ3) is 4.51. The molecule has 0 aliphatic carbocycles. The highest BCUT2D eigenvalue weighted by Gasteiger charge is 2.11. The van der Waals surface area contributed by atoms with E-state index < -0.39 is 0 Å². The Bertz CT molecular complexity index is 594. The van der Waals surface area contributed by atoms with Gasteiger partial charge in [-0.2, -0.15) is 4.98 Å². The van der Waals surface area contributed by atoms with Crippen LogP contribution in [0.25, 0.3) is 11.5 Å². The Hall–Kier alpha value is -1.96. The minimum Gasteiger partial charge on any atom is -0.497 e. The molecule has 1 fully saturated rings. The minimum atomic E-state index is 0.526. The number of nitrogens with zero attached hydrogens (tertiary/aromatic N) is 3. The van der Waals surface area contributed by atoms with E-state index in [-0.39, 0.29) is 0 Å². The van der Waals surface area contributed by atoms with E-state index in [1.54, 1.807) is 7.11 Å². The maximum atomic E-state index is 5.33. The van der Waals surface area contributed by atoms with E-state index in [4.69, 9.17) is 14.0 Å². The number of benzene rings is 1. The van der Waals surface area contributed by atoms with E-state index in [2.05, 4.69) is 20.4 Å². The average molecular weight is 318 g/mol. The van der Waals surface area contributed by atoms with Gasteiger partial charge in [0.15, 0.2) is 5.82 Å². The quantitative estimate of drug-likeness (QED) is 0.768. The molecule has 1 aromatic heterocycles. The van der Waals surface area contributed by atoms with Crippen molar-refractivity contribution in [1.82, 2.24) is 20.4 Å². The number of ether oxygens (including phenoxy) is 2. The lowest BCUT2D eigenvalue weighted by atomic mass is 10.2. The molecule has 23 heavy (non-hydrogen) atoms. The number of nitrogens with one attached hydrogen (secondary N) is 1. The van der Waals surface area contributed by atoms with E-state index in [1.165, 1.54) is 0 Å². The van der Waals surface area contributed by atoms with Crippen molar-refractivity contribution < 1.29 is 14.0 Å². The second-order valence-electron chi connectivity index (χ2n) is 5.38. The summed E-state index contributed by atoms with van der Waals surface area (Å²) in [5, 5.41) is 7.35. The molecule has 1 aliphatic heterocycles. The zero-order valence-electron chi connectivity index (χ0n) is 13.3. The van der Waals surface area contributed by atoms with E-state index in [1.807, 2.05) is 24.3 Å². The molecule has 0 atom stereocenters. The van der Waals surface area contributed by atoms with Crippen molar-refractivity contribution >= 4 is 0 Å². The lowest BCUT2D eigenvalue weighted by Gasteiger charge is -2.26. The van der Waals surface area contributed by atoms with Crippen LogP contribution in [0.1, 0.15) is 5.82 Å². The van der Waals surface area contributed by atoms with Gasteiger partial charge in [0.25, 0.3) is 5.89 Å². The first-order valence-electron chi connectivity index (χ1n) is 7.83. The van der Waals surface area contributed by atoms with Gasteiger partial charge >= 0.3 is 0 Å². The Balaban J connectivity index is 1.45. The maximum Gasteiger partial charge on any atom is 0.257 e.